The van der Waals surface area contributed by atoms with Crippen molar-refractivity contribution >= 4 is 33.8 Å². The van der Waals surface area contributed by atoms with Gasteiger partial charge in [0.25, 0.3) is 0 Å². The van der Waals surface area contributed by atoms with E-state index < -0.39 is 0 Å². The lowest BCUT2D eigenvalue weighted by molar-refractivity contribution is 0.112. The zero-order valence-electron chi connectivity index (χ0n) is 12.4. The predicted molar refractivity (Wildman–Crippen MR) is 91.4 cm³/mol. The van der Waals surface area contributed by atoms with Crippen LogP contribution in [-0.4, -0.2) is 19.5 Å². The van der Waals surface area contributed by atoms with E-state index in [1.54, 1.807) is 18.2 Å². The monoisotopic (exact) mass is 382 g/mol. The van der Waals surface area contributed by atoms with Gasteiger partial charge in [0.15, 0.2) is 0 Å². The molecule has 0 saturated carbocycles. The molecule has 0 fully saturated rings. The molecule has 0 amide bonds. The van der Waals surface area contributed by atoms with Crippen LogP contribution in [0.3, 0.4) is 0 Å². The highest BCUT2D eigenvalue weighted by Gasteiger charge is 2.05. The van der Waals surface area contributed by atoms with E-state index in [0.29, 0.717) is 24.5 Å². The third-order valence-corrected chi connectivity index (χ3v) is 4.33. The predicted octanol–water partition coefficient (Wildman–Crippen LogP) is 4.99. The van der Waals surface area contributed by atoms with Crippen LogP contribution in [0.5, 0.6) is 11.5 Å². The zero-order chi connectivity index (χ0) is 16.1. The largest absolute Gasteiger partial charge is 0.490 e. The minimum Gasteiger partial charge on any atom is -0.490 e. The molecule has 0 aliphatic carbocycles. The van der Waals surface area contributed by atoms with Crippen molar-refractivity contribution in [3.8, 4) is 11.5 Å². The second kappa shape index (κ2) is 7.65. The van der Waals surface area contributed by atoms with Crippen LogP contribution in [-0.2, 0) is 0 Å². The van der Waals surface area contributed by atoms with Gasteiger partial charge in [-0.25, -0.2) is 0 Å². The first kappa shape index (κ1) is 16.8. The molecule has 5 heteroatoms. The van der Waals surface area contributed by atoms with Crippen LogP contribution in [0.2, 0.25) is 5.02 Å². The highest BCUT2D eigenvalue weighted by molar-refractivity contribution is 9.10. The summed E-state index contributed by atoms with van der Waals surface area (Å²) in [6.07, 6.45) is 0.794. The molecule has 0 atom stereocenters. The summed E-state index contributed by atoms with van der Waals surface area (Å²) in [4.78, 5) is 10.7. The van der Waals surface area contributed by atoms with Gasteiger partial charge in [-0.15, -0.1) is 0 Å². The summed E-state index contributed by atoms with van der Waals surface area (Å²) < 4.78 is 12.0. The van der Waals surface area contributed by atoms with Gasteiger partial charge in [0, 0.05) is 10.6 Å². The van der Waals surface area contributed by atoms with Crippen molar-refractivity contribution in [2.24, 2.45) is 0 Å². The first-order valence-electron chi connectivity index (χ1n) is 6.78. The average Bonchev–Trinajstić information content (AvgIpc) is 2.50. The van der Waals surface area contributed by atoms with Gasteiger partial charge in [0.05, 0.1) is 4.47 Å². The van der Waals surface area contributed by atoms with Gasteiger partial charge in [-0.3, -0.25) is 4.79 Å². The zero-order valence-corrected chi connectivity index (χ0v) is 14.7. The number of carbonyl (C=O) groups is 1. The van der Waals surface area contributed by atoms with Gasteiger partial charge in [-0.1, -0.05) is 11.6 Å². The number of ether oxygens (including phenoxy) is 2. The van der Waals surface area contributed by atoms with E-state index in [-0.39, 0.29) is 0 Å². The van der Waals surface area contributed by atoms with E-state index in [1.165, 1.54) is 0 Å². The Morgan fingerprint density at radius 2 is 1.73 bits per heavy atom. The second-order valence-corrected chi connectivity index (χ2v) is 6.11. The number of carbonyl (C=O) groups excluding carboxylic acids is 1. The van der Waals surface area contributed by atoms with Crippen molar-refractivity contribution in [1.82, 2.24) is 0 Å². The first-order chi connectivity index (χ1) is 10.5. The Labute approximate surface area is 143 Å². The summed E-state index contributed by atoms with van der Waals surface area (Å²) in [5, 5.41) is 0.766. The van der Waals surface area contributed by atoms with E-state index >= 15 is 0 Å². The van der Waals surface area contributed by atoms with Crippen LogP contribution in [0, 0.1) is 13.8 Å². The molecule has 2 aromatic rings. The maximum Gasteiger partial charge on any atom is 0.150 e. The van der Waals surface area contributed by atoms with Crippen LogP contribution < -0.4 is 9.47 Å². The molecule has 0 radical (unpaired) electrons. The molecule has 0 saturated heterocycles. The Morgan fingerprint density at radius 1 is 1.09 bits per heavy atom. The minimum absolute atomic E-state index is 0.403. The van der Waals surface area contributed by atoms with E-state index in [4.69, 9.17) is 21.1 Å². The SMILES string of the molecule is Cc1cc(OCCOc2ccc(C=O)cc2Br)cc(C)c1Cl. The molecule has 0 aromatic heterocycles. The van der Waals surface area contributed by atoms with Crippen LogP contribution in [0.25, 0.3) is 0 Å². The fraction of sp³-hybridized carbons (Fsp3) is 0.235. The number of hydrogen-bond donors (Lipinski definition) is 0. The van der Waals surface area contributed by atoms with Gasteiger partial charge in [0.2, 0.25) is 0 Å². The molecule has 22 heavy (non-hydrogen) atoms. The molecule has 116 valence electrons. The Bertz CT molecular complexity index is 663. The molecule has 3 nitrogen and oxygen atoms in total. The number of benzene rings is 2. The third-order valence-electron chi connectivity index (χ3n) is 3.11. The lowest BCUT2D eigenvalue weighted by atomic mass is 10.1. The normalized spacial score (nSPS) is 10.4. The topological polar surface area (TPSA) is 35.5 Å². The summed E-state index contributed by atoms with van der Waals surface area (Å²) in [6, 6.07) is 8.99. The highest BCUT2D eigenvalue weighted by Crippen LogP contribution is 2.27. The van der Waals surface area contributed by atoms with Crippen LogP contribution >= 0.6 is 27.5 Å². The highest BCUT2D eigenvalue weighted by atomic mass is 79.9. The first-order valence-corrected chi connectivity index (χ1v) is 7.95. The van der Waals surface area contributed by atoms with E-state index in [9.17, 15) is 4.79 Å². The van der Waals surface area contributed by atoms with Gasteiger partial charge in [-0.05, 0) is 71.2 Å². The molecule has 0 N–H and O–H groups in total. The summed E-state index contributed by atoms with van der Waals surface area (Å²) in [5.41, 5.74) is 2.58. The van der Waals surface area contributed by atoms with Gasteiger partial charge in [0.1, 0.15) is 31.0 Å². The molecule has 0 unspecified atom stereocenters. The van der Waals surface area contributed by atoms with Crippen molar-refractivity contribution in [1.29, 1.82) is 0 Å². The Kier molecular flexibility index (Phi) is 5.86. The molecule has 2 rings (SSSR count). The van der Waals surface area contributed by atoms with Gasteiger partial charge >= 0.3 is 0 Å². The molecule has 2 aromatic carbocycles. The van der Waals surface area contributed by atoms with E-state index in [2.05, 4.69) is 15.9 Å². The quantitative estimate of drug-likeness (QED) is 0.521. The fourth-order valence-electron chi connectivity index (χ4n) is 2.01. The standard InChI is InChI=1S/C17H16BrClO3/c1-11-7-14(8-12(2)17(11)19)21-5-6-22-16-4-3-13(10-20)9-15(16)18/h3-4,7-10H,5-6H2,1-2H3. The number of rotatable bonds is 6. The van der Waals surface area contributed by atoms with E-state index in [0.717, 1.165) is 32.7 Å². The van der Waals surface area contributed by atoms with Crippen molar-refractivity contribution in [3.63, 3.8) is 0 Å². The van der Waals surface area contributed by atoms with Crippen LogP contribution in [0.1, 0.15) is 21.5 Å². The summed E-state index contributed by atoms with van der Waals surface area (Å²) in [6.45, 7) is 4.72. The number of hydrogen-bond acceptors (Lipinski definition) is 3. The maximum atomic E-state index is 10.7. The lowest BCUT2D eigenvalue weighted by Crippen LogP contribution is -2.09. The fourth-order valence-corrected chi connectivity index (χ4v) is 2.63. The molecule has 0 spiro atoms. The van der Waals surface area contributed by atoms with E-state index in [1.807, 2.05) is 26.0 Å². The molecule has 0 aliphatic heterocycles. The number of aryl methyl sites for hydroxylation is 2. The minimum atomic E-state index is 0.403. The van der Waals surface area contributed by atoms with Crippen molar-refractivity contribution < 1.29 is 14.3 Å². The summed E-state index contributed by atoms with van der Waals surface area (Å²) in [5.74, 6) is 1.45. The van der Waals surface area contributed by atoms with Gasteiger partial charge < -0.3 is 9.47 Å². The number of halogens is 2. The molecular weight excluding hydrogens is 368 g/mol. The molecule has 0 bridgehead atoms. The Hall–Kier alpha value is -1.52. The summed E-state index contributed by atoms with van der Waals surface area (Å²) >= 11 is 9.50. The van der Waals surface area contributed by atoms with Crippen LogP contribution in [0.4, 0.5) is 0 Å². The van der Waals surface area contributed by atoms with Crippen molar-refractivity contribution in [3.05, 3.63) is 56.5 Å². The summed E-state index contributed by atoms with van der Waals surface area (Å²) in [7, 11) is 0. The molecule has 0 heterocycles. The second-order valence-electron chi connectivity index (χ2n) is 4.88. The smallest absolute Gasteiger partial charge is 0.150 e. The Morgan fingerprint density at radius 3 is 2.32 bits per heavy atom. The van der Waals surface area contributed by atoms with Crippen LogP contribution in [0.15, 0.2) is 34.8 Å². The van der Waals surface area contributed by atoms with Crippen molar-refractivity contribution in [2.75, 3.05) is 13.2 Å². The average molecular weight is 384 g/mol. The lowest BCUT2D eigenvalue weighted by Gasteiger charge is -2.12. The van der Waals surface area contributed by atoms with Gasteiger partial charge in [-0.2, -0.15) is 0 Å². The Balaban J connectivity index is 1.88. The number of aldehydes is 1. The third kappa shape index (κ3) is 4.24. The molecular formula is C17H16BrClO3. The van der Waals surface area contributed by atoms with Crippen molar-refractivity contribution in [2.45, 2.75) is 13.8 Å². The molecule has 0 aliphatic rings. The maximum absolute atomic E-state index is 10.7.